The first-order valence-corrected chi connectivity index (χ1v) is 15.6. The lowest BCUT2D eigenvalue weighted by atomic mass is 9.74. The van der Waals surface area contributed by atoms with Crippen molar-refractivity contribution in [1.82, 2.24) is 14.7 Å². The minimum atomic E-state index is -1.45. The van der Waals surface area contributed by atoms with Crippen molar-refractivity contribution in [2.45, 2.75) is 96.7 Å². The quantitative estimate of drug-likeness (QED) is 0.225. The van der Waals surface area contributed by atoms with E-state index in [-0.39, 0.29) is 43.1 Å². The van der Waals surface area contributed by atoms with Crippen LogP contribution in [0.15, 0.2) is 12.2 Å². The summed E-state index contributed by atoms with van der Waals surface area (Å²) in [5.41, 5.74) is -2.39. The van der Waals surface area contributed by atoms with Gasteiger partial charge in [-0.15, -0.1) is 0 Å². The molecule has 2 N–H and O–H groups in total. The van der Waals surface area contributed by atoms with Crippen LogP contribution in [0.5, 0.6) is 0 Å². The van der Waals surface area contributed by atoms with E-state index in [9.17, 15) is 19.8 Å². The molecule has 2 heterocycles. The van der Waals surface area contributed by atoms with Gasteiger partial charge in [0.2, 0.25) is 0 Å². The van der Waals surface area contributed by atoms with Crippen molar-refractivity contribution in [3.8, 4) is 0 Å². The topological polar surface area (TPSA) is 121 Å². The largest absolute Gasteiger partial charge is 0.463 e. The summed E-state index contributed by atoms with van der Waals surface area (Å²) in [5.74, 6) is -1.60. The van der Waals surface area contributed by atoms with Gasteiger partial charge in [-0.3, -0.25) is 14.5 Å². The Balaban J connectivity index is 2.47. The predicted molar refractivity (Wildman–Crippen MR) is 166 cm³/mol. The maximum atomic E-state index is 14.1. The summed E-state index contributed by atoms with van der Waals surface area (Å²) < 4.78 is 24.7. The van der Waals surface area contributed by atoms with Gasteiger partial charge in [0, 0.05) is 38.7 Å². The first-order chi connectivity index (χ1) is 20.0. The van der Waals surface area contributed by atoms with Crippen molar-refractivity contribution in [1.29, 1.82) is 0 Å². The van der Waals surface area contributed by atoms with Gasteiger partial charge in [0.05, 0.1) is 30.5 Å². The Bertz CT molecular complexity index is 930. The number of ketones is 1. The van der Waals surface area contributed by atoms with Crippen LogP contribution in [0.2, 0.25) is 0 Å². The molecular weight excluding hydrogens is 554 g/mol. The van der Waals surface area contributed by atoms with Crippen molar-refractivity contribution in [2.24, 2.45) is 17.3 Å². The zero-order chi connectivity index (χ0) is 32.7. The minimum absolute atomic E-state index is 0.0778. The molecule has 43 heavy (non-hydrogen) atoms. The normalized spacial score (nSPS) is 37.3. The highest BCUT2D eigenvalue weighted by atomic mass is 16.7. The van der Waals surface area contributed by atoms with Gasteiger partial charge in [0.15, 0.2) is 12.1 Å². The van der Waals surface area contributed by atoms with E-state index < -0.39 is 41.4 Å². The van der Waals surface area contributed by atoms with E-state index in [1.807, 2.05) is 64.0 Å². The number of esters is 1. The molecule has 0 amide bonds. The Morgan fingerprint density at radius 2 is 1.79 bits per heavy atom. The molecular formula is C32H59N3O8. The number of cyclic esters (lactones) is 1. The Morgan fingerprint density at radius 1 is 1.14 bits per heavy atom. The average Bonchev–Trinajstić information content (AvgIpc) is 2.93. The number of methoxy groups -OCH3 is 1. The van der Waals surface area contributed by atoms with Gasteiger partial charge in [-0.25, -0.2) is 0 Å². The van der Waals surface area contributed by atoms with Crippen molar-refractivity contribution in [3.05, 3.63) is 12.2 Å². The van der Waals surface area contributed by atoms with E-state index >= 15 is 0 Å². The monoisotopic (exact) mass is 613 g/mol. The molecule has 250 valence electrons. The van der Waals surface area contributed by atoms with E-state index in [2.05, 4.69) is 11.8 Å². The fourth-order valence-corrected chi connectivity index (χ4v) is 6.43. The Labute approximate surface area is 259 Å². The number of ether oxygens (including phenoxy) is 4. The lowest BCUT2D eigenvalue weighted by molar-refractivity contribution is -0.295. The second kappa shape index (κ2) is 16.2. The summed E-state index contributed by atoms with van der Waals surface area (Å²) >= 11 is 0. The molecule has 0 radical (unpaired) electrons. The van der Waals surface area contributed by atoms with Gasteiger partial charge >= 0.3 is 5.97 Å². The first-order valence-electron chi connectivity index (χ1n) is 15.6. The lowest BCUT2D eigenvalue weighted by Gasteiger charge is -2.47. The smallest absolute Gasteiger partial charge is 0.319 e. The Kier molecular flexibility index (Phi) is 14.2. The van der Waals surface area contributed by atoms with Crippen LogP contribution in [0.25, 0.3) is 0 Å². The van der Waals surface area contributed by atoms with Crippen molar-refractivity contribution in [2.75, 3.05) is 68.1 Å². The second-order valence-corrected chi connectivity index (χ2v) is 13.8. The van der Waals surface area contributed by atoms with Gasteiger partial charge in [0.1, 0.15) is 18.1 Å². The molecule has 2 aliphatic heterocycles. The van der Waals surface area contributed by atoms with Crippen LogP contribution < -0.4 is 0 Å². The highest BCUT2D eigenvalue weighted by molar-refractivity contribution is 6.04. The predicted octanol–water partition coefficient (Wildman–Crippen LogP) is 1.80. The van der Waals surface area contributed by atoms with E-state index in [1.165, 1.54) is 0 Å². The molecule has 0 saturated carbocycles. The van der Waals surface area contributed by atoms with E-state index in [0.29, 0.717) is 32.5 Å². The highest BCUT2D eigenvalue weighted by Gasteiger charge is 2.51. The van der Waals surface area contributed by atoms with Crippen LogP contribution in [-0.4, -0.2) is 147 Å². The Morgan fingerprint density at radius 3 is 2.37 bits per heavy atom. The van der Waals surface area contributed by atoms with E-state index in [4.69, 9.17) is 18.9 Å². The SMILES string of the molecule is CO[C@]1(C)C[C@@H](C)CN(C)[C@H](/C=C/CN(C)CCO)COC(=O)C(C)(C)C(=O)[C@H](C)[C@H]1O[C@@H]1O[C@H](C)C[C@H](N(C)C)[C@H]1O. The molecule has 11 heteroatoms. The number of Topliss-reactive ketones (excluding diaryl/α,β-unsaturated/α-hetero) is 1. The summed E-state index contributed by atoms with van der Waals surface area (Å²) in [6, 6.07) is -0.398. The molecule has 11 nitrogen and oxygen atoms in total. The van der Waals surface area contributed by atoms with E-state index in [1.54, 1.807) is 27.9 Å². The van der Waals surface area contributed by atoms with Crippen LogP contribution >= 0.6 is 0 Å². The molecule has 0 unspecified atom stereocenters. The van der Waals surface area contributed by atoms with Gasteiger partial charge in [-0.05, 0) is 74.6 Å². The molecule has 0 aromatic carbocycles. The third-order valence-electron chi connectivity index (χ3n) is 9.18. The van der Waals surface area contributed by atoms with Gasteiger partial charge in [0.25, 0.3) is 0 Å². The summed E-state index contributed by atoms with van der Waals surface area (Å²) in [5, 5.41) is 20.5. The van der Waals surface area contributed by atoms with Crippen molar-refractivity contribution < 1.29 is 38.7 Å². The molecule has 2 saturated heterocycles. The molecule has 0 aromatic rings. The minimum Gasteiger partial charge on any atom is -0.463 e. The molecule has 9 atom stereocenters. The molecule has 2 aliphatic rings. The van der Waals surface area contributed by atoms with Crippen LogP contribution in [-0.2, 0) is 28.5 Å². The number of likely N-dealkylation sites (N-methyl/N-ethyl adjacent to an activating group) is 3. The van der Waals surface area contributed by atoms with Gasteiger partial charge in [-0.1, -0.05) is 26.0 Å². The summed E-state index contributed by atoms with van der Waals surface area (Å²) in [4.78, 5) is 33.6. The molecule has 0 spiro atoms. The number of nitrogens with zero attached hydrogens (tertiary/aromatic N) is 3. The van der Waals surface area contributed by atoms with Gasteiger partial charge < -0.3 is 39.0 Å². The molecule has 0 bridgehead atoms. The summed E-state index contributed by atoms with van der Waals surface area (Å²) in [7, 11) is 9.35. The number of aliphatic hydroxyl groups excluding tert-OH is 2. The highest BCUT2D eigenvalue weighted by Crippen LogP contribution is 2.38. The summed E-state index contributed by atoms with van der Waals surface area (Å²) in [6.07, 6.45) is 2.31. The zero-order valence-electron chi connectivity index (χ0n) is 28.4. The molecule has 0 aromatic heterocycles. The van der Waals surface area contributed by atoms with Gasteiger partial charge in [-0.2, -0.15) is 0 Å². The fourth-order valence-electron chi connectivity index (χ4n) is 6.43. The van der Waals surface area contributed by atoms with E-state index in [0.717, 1.165) is 0 Å². The molecule has 2 rings (SSSR count). The first kappa shape index (κ1) is 37.7. The van der Waals surface area contributed by atoms with Crippen LogP contribution in [0.4, 0.5) is 0 Å². The van der Waals surface area contributed by atoms with Crippen LogP contribution in [0.3, 0.4) is 0 Å². The number of aliphatic hydroxyl groups is 2. The molecule has 2 fully saturated rings. The second-order valence-electron chi connectivity index (χ2n) is 13.8. The number of carbonyl (C=O) groups is 2. The number of hydrogen-bond donors (Lipinski definition) is 2. The van der Waals surface area contributed by atoms with Crippen molar-refractivity contribution >= 4 is 11.8 Å². The fraction of sp³-hybridized carbons (Fsp3) is 0.875. The standard InChI is InChI=1S/C32H59N3O8/c1-21-18-32(6,40-11)28(43-29-26(37)25(33(7)8)17-22(2)42-29)23(3)27(38)31(4,5)30(39)41-20-24(35(10)19-21)13-12-14-34(9)15-16-36/h12-13,21-26,28-29,36-37H,14-20H2,1-11H3/b13-12+/t21-,22-,23+,24-,25+,26-,28-,29+,32-/m1/s1. The summed E-state index contributed by atoms with van der Waals surface area (Å²) in [6.45, 7) is 13.0. The lowest BCUT2D eigenvalue weighted by Crippen LogP contribution is -2.59. The average molecular weight is 614 g/mol. The third-order valence-corrected chi connectivity index (χ3v) is 9.18. The van der Waals surface area contributed by atoms with Crippen LogP contribution in [0, 0.1) is 17.3 Å². The van der Waals surface area contributed by atoms with Crippen molar-refractivity contribution in [3.63, 3.8) is 0 Å². The molecule has 0 aliphatic carbocycles. The Hall–Kier alpha value is -1.44. The third kappa shape index (κ3) is 9.77. The number of rotatable bonds is 9. The number of hydrogen-bond acceptors (Lipinski definition) is 11. The maximum absolute atomic E-state index is 14.1. The van der Waals surface area contributed by atoms with Crippen LogP contribution in [0.1, 0.15) is 54.4 Å². The maximum Gasteiger partial charge on any atom is 0.319 e. The zero-order valence-corrected chi connectivity index (χ0v) is 28.4. The number of carbonyl (C=O) groups excluding carboxylic acids is 2.